The van der Waals surface area contributed by atoms with Gasteiger partial charge < -0.3 is 0 Å². The number of amidine groups is 1. The highest BCUT2D eigenvalue weighted by Crippen LogP contribution is 2.41. The lowest BCUT2D eigenvalue weighted by Gasteiger charge is -2.30. The van der Waals surface area contributed by atoms with Gasteiger partial charge in [0.25, 0.3) is 0 Å². The molecule has 0 fully saturated rings. The zero-order valence-electron chi connectivity index (χ0n) is 11.2. The summed E-state index contributed by atoms with van der Waals surface area (Å²) in [4.78, 5) is 10.8. The number of fused-ring (bicyclic) bond motifs is 2. The van der Waals surface area contributed by atoms with Crippen LogP contribution in [-0.2, 0) is 17.0 Å². The molecular formula is C17H16N2O. The Hall–Kier alpha value is -2.13. The van der Waals surface area contributed by atoms with Gasteiger partial charge in [0.05, 0.1) is 0 Å². The first-order chi connectivity index (χ1) is 9.87. The van der Waals surface area contributed by atoms with Crippen molar-refractivity contribution >= 4 is 5.84 Å². The average Bonchev–Trinajstić information content (AvgIpc) is 2.94. The van der Waals surface area contributed by atoms with Crippen molar-refractivity contribution in [2.24, 2.45) is 4.99 Å². The molecule has 0 radical (unpaired) electrons. The number of hydroxylamine groups is 1. The molecule has 0 saturated carbocycles. The predicted molar refractivity (Wildman–Crippen MR) is 78.3 cm³/mol. The lowest BCUT2D eigenvalue weighted by atomic mass is 9.85. The summed E-state index contributed by atoms with van der Waals surface area (Å²) in [6.07, 6.45) is 3.13. The maximum absolute atomic E-state index is 5.92. The molecule has 3 heteroatoms. The summed E-state index contributed by atoms with van der Waals surface area (Å²) >= 11 is 0. The molecule has 1 unspecified atom stereocenters. The van der Waals surface area contributed by atoms with Crippen molar-refractivity contribution in [3.63, 3.8) is 0 Å². The van der Waals surface area contributed by atoms with Crippen LogP contribution in [0, 0.1) is 0 Å². The van der Waals surface area contributed by atoms with Gasteiger partial charge in [0.2, 0.25) is 5.72 Å². The van der Waals surface area contributed by atoms with E-state index in [1.165, 1.54) is 11.1 Å². The van der Waals surface area contributed by atoms with Crippen molar-refractivity contribution in [3.05, 3.63) is 71.3 Å². The van der Waals surface area contributed by atoms with Crippen molar-refractivity contribution in [2.45, 2.75) is 25.0 Å². The summed E-state index contributed by atoms with van der Waals surface area (Å²) < 4.78 is 0. The molecule has 1 aliphatic heterocycles. The summed E-state index contributed by atoms with van der Waals surface area (Å²) in [7, 11) is 0. The van der Waals surface area contributed by atoms with Gasteiger partial charge in [0, 0.05) is 17.5 Å². The van der Waals surface area contributed by atoms with Gasteiger partial charge in [0.15, 0.2) is 5.84 Å². The van der Waals surface area contributed by atoms with Gasteiger partial charge in [-0.1, -0.05) is 54.6 Å². The predicted octanol–water partition coefficient (Wildman–Crippen LogP) is 3.16. The summed E-state index contributed by atoms with van der Waals surface area (Å²) in [5.41, 5.74) is 6.09. The Labute approximate surface area is 118 Å². The van der Waals surface area contributed by atoms with E-state index in [4.69, 9.17) is 9.83 Å². The molecule has 1 atom stereocenters. The zero-order chi connectivity index (χ0) is 13.4. The van der Waals surface area contributed by atoms with Crippen molar-refractivity contribution in [1.82, 2.24) is 5.48 Å². The van der Waals surface area contributed by atoms with Gasteiger partial charge >= 0.3 is 0 Å². The minimum absolute atomic E-state index is 0.542. The number of hydrogen-bond acceptors (Lipinski definition) is 3. The van der Waals surface area contributed by atoms with E-state index in [0.29, 0.717) is 0 Å². The lowest BCUT2D eigenvalue weighted by Crippen LogP contribution is -2.31. The molecule has 1 heterocycles. The Bertz CT molecular complexity index is 666. The Morgan fingerprint density at radius 1 is 1.00 bits per heavy atom. The highest BCUT2D eigenvalue weighted by Gasteiger charge is 2.42. The van der Waals surface area contributed by atoms with Crippen LogP contribution in [0.5, 0.6) is 0 Å². The molecule has 0 aromatic heterocycles. The molecule has 2 aromatic rings. The second kappa shape index (κ2) is 4.46. The Balaban J connectivity index is 1.79. The van der Waals surface area contributed by atoms with Crippen LogP contribution in [-0.4, -0.2) is 5.84 Å². The molecule has 2 aliphatic rings. The van der Waals surface area contributed by atoms with E-state index >= 15 is 0 Å². The van der Waals surface area contributed by atoms with E-state index in [9.17, 15) is 0 Å². The highest BCUT2D eigenvalue weighted by molar-refractivity contribution is 5.99. The molecule has 1 N–H and O–H groups in total. The third-order valence-electron chi connectivity index (χ3n) is 4.06. The monoisotopic (exact) mass is 264 g/mol. The van der Waals surface area contributed by atoms with E-state index in [-0.39, 0.29) is 0 Å². The summed E-state index contributed by atoms with van der Waals surface area (Å²) in [5, 5.41) is 0. The smallest absolute Gasteiger partial charge is 0.213 e. The molecule has 2 aromatic carbocycles. The fraction of sp³-hybridized carbons (Fsp3) is 0.235. The van der Waals surface area contributed by atoms with E-state index < -0.39 is 5.72 Å². The normalized spacial score (nSPS) is 24.1. The van der Waals surface area contributed by atoms with Gasteiger partial charge in [-0.05, 0) is 18.4 Å². The fourth-order valence-corrected chi connectivity index (χ4v) is 3.07. The molecule has 0 saturated heterocycles. The van der Waals surface area contributed by atoms with Crippen LogP contribution in [0.1, 0.15) is 29.5 Å². The Kier molecular flexibility index (Phi) is 2.60. The van der Waals surface area contributed by atoms with Crippen LogP contribution in [0.4, 0.5) is 0 Å². The molecule has 0 amide bonds. The molecule has 20 heavy (non-hydrogen) atoms. The zero-order valence-corrected chi connectivity index (χ0v) is 11.2. The Morgan fingerprint density at radius 3 is 2.70 bits per heavy atom. The van der Waals surface area contributed by atoms with Crippen molar-refractivity contribution < 1.29 is 4.84 Å². The van der Waals surface area contributed by atoms with Crippen molar-refractivity contribution in [2.75, 3.05) is 0 Å². The van der Waals surface area contributed by atoms with E-state index in [2.05, 4.69) is 29.7 Å². The largest absolute Gasteiger partial charge is 0.246 e. The van der Waals surface area contributed by atoms with Crippen LogP contribution < -0.4 is 5.48 Å². The Morgan fingerprint density at radius 2 is 1.80 bits per heavy atom. The van der Waals surface area contributed by atoms with Crippen molar-refractivity contribution in [1.29, 1.82) is 0 Å². The molecule has 1 aliphatic carbocycles. The van der Waals surface area contributed by atoms with Gasteiger partial charge in [-0.2, -0.15) is 0 Å². The molecule has 4 rings (SSSR count). The van der Waals surface area contributed by atoms with Gasteiger partial charge in [-0.3, -0.25) is 0 Å². The minimum atomic E-state index is -0.542. The highest BCUT2D eigenvalue weighted by atomic mass is 16.7. The van der Waals surface area contributed by atoms with Crippen LogP contribution >= 0.6 is 0 Å². The van der Waals surface area contributed by atoms with Crippen molar-refractivity contribution in [3.8, 4) is 0 Å². The number of nitrogens with zero attached hydrogens (tertiary/aromatic N) is 1. The topological polar surface area (TPSA) is 33.6 Å². The first kappa shape index (κ1) is 11.7. The molecule has 0 bridgehead atoms. The van der Waals surface area contributed by atoms with E-state index in [1.807, 2.05) is 30.3 Å². The number of benzene rings is 2. The maximum atomic E-state index is 5.92. The number of hydrogen-bond donors (Lipinski definition) is 1. The second-order valence-corrected chi connectivity index (χ2v) is 5.33. The first-order valence-corrected chi connectivity index (χ1v) is 7.05. The first-order valence-electron chi connectivity index (χ1n) is 7.05. The van der Waals surface area contributed by atoms with Crippen LogP contribution in [0.15, 0.2) is 59.6 Å². The third-order valence-corrected chi connectivity index (χ3v) is 4.06. The number of aliphatic imine (C=N–C) groups is 1. The van der Waals surface area contributed by atoms with Gasteiger partial charge in [0.1, 0.15) is 0 Å². The van der Waals surface area contributed by atoms with Crippen LogP contribution in [0.25, 0.3) is 0 Å². The summed E-state index contributed by atoms with van der Waals surface area (Å²) in [6.45, 7) is 0. The standard InChI is InChI=1S/C17H16N2O/c1-2-8-14(9-3-1)16-18-17(20-19-16)12-6-10-13-7-4-5-11-15(13)17/h1-5,7-9,11H,6,10,12H2,(H,18,19). The third kappa shape index (κ3) is 1.74. The number of rotatable bonds is 1. The summed E-state index contributed by atoms with van der Waals surface area (Å²) in [5.74, 6) is 0.822. The quantitative estimate of drug-likeness (QED) is 0.858. The second-order valence-electron chi connectivity index (χ2n) is 5.33. The molecular weight excluding hydrogens is 248 g/mol. The van der Waals surface area contributed by atoms with E-state index in [0.717, 1.165) is 30.7 Å². The maximum Gasteiger partial charge on any atom is 0.213 e. The fourth-order valence-electron chi connectivity index (χ4n) is 3.07. The van der Waals surface area contributed by atoms with Gasteiger partial charge in [-0.25, -0.2) is 15.3 Å². The lowest BCUT2D eigenvalue weighted by molar-refractivity contribution is -0.0702. The van der Waals surface area contributed by atoms with Crippen LogP contribution in [0.2, 0.25) is 0 Å². The summed E-state index contributed by atoms with van der Waals surface area (Å²) in [6, 6.07) is 18.6. The molecule has 100 valence electrons. The van der Waals surface area contributed by atoms with Crippen LogP contribution in [0.3, 0.4) is 0 Å². The van der Waals surface area contributed by atoms with Gasteiger partial charge in [-0.15, -0.1) is 0 Å². The molecule has 3 nitrogen and oxygen atoms in total. The number of aryl methyl sites for hydroxylation is 1. The average molecular weight is 264 g/mol. The molecule has 1 spiro atoms. The minimum Gasteiger partial charge on any atom is -0.246 e. The SMILES string of the molecule is c1ccc(C2=NC3(CCCc4ccccc43)ON2)cc1. The number of nitrogens with one attached hydrogen (secondary N) is 1. The van der Waals surface area contributed by atoms with E-state index in [1.54, 1.807) is 0 Å².